The highest BCUT2D eigenvalue weighted by Crippen LogP contribution is 2.31. The van der Waals surface area contributed by atoms with Crippen molar-refractivity contribution in [2.75, 3.05) is 0 Å². The quantitative estimate of drug-likeness (QED) is 0.693. The molecule has 0 radical (unpaired) electrons. The Hall–Kier alpha value is -2.95. The van der Waals surface area contributed by atoms with E-state index >= 15 is 0 Å². The van der Waals surface area contributed by atoms with Crippen LogP contribution in [0.15, 0.2) is 53.7 Å². The van der Waals surface area contributed by atoms with Crippen LogP contribution in [-0.4, -0.2) is 18.2 Å². The summed E-state index contributed by atoms with van der Waals surface area (Å²) >= 11 is 0. The van der Waals surface area contributed by atoms with E-state index in [1.165, 1.54) is 0 Å². The van der Waals surface area contributed by atoms with Gasteiger partial charge in [-0.2, -0.15) is 10.4 Å². The summed E-state index contributed by atoms with van der Waals surface area (Å²) in [6, 6.07) is 12.6. The molecule has 1 N–H and O–H groups in total. The van der Waals surface area contributed by atoms with E-state index in [0.29, 0.717) is 16.7 Å². The normalized spacial score (nSPS) is 11.4. The van der Waals surface area contributed by atoms with Gasteiger partial charge in [0.2, 0.25) is 10.0 Å². The average molecular weight is 395 g/mol. The molecule has 0 atom stereocenters. The maximum Gasteiger partial charge on any atom is 0.241 e. The van der Waals surface area contributed by atoms with Gasteiger partial charge in [-0.05, 0) is 61.7 Å². The van der Waals surface area contributed by atoms with Crippen LogP contribution in [-0.2, 0) is 23.1 Å². The summed E-state index contributed by atoms with van der Waals surface area (Å²) in [5.41, 5.74) is 4.43. The minimum atomic E-state index is -3.76. The molecule has 3 aromatic rings. The summed E-state index contributed by atoms with van der Waals surface area (Å²) in [5, 5.41) is 13.4. The second kappa shape index (κ2) is 7.97. The van der Waals surface area contributed by atoms with Crippen LogP contribution < -0.4 is 4.72 Å². The molecule has 0 bridgehead atoms. The molecule has 3 rings (SSSR count). The van der Waals surface area contributed by atoms with Gasteiger partial charge in [0.05, 0.1) is 22.7 Å². The molecule has 0 saturated heterocycles. The monoisotopic (exact) mass is 394 g/mol. The topological polar surface area (TPSA) is 87.8 Å². The van der Waals surface area contributed by atoms with Crippen LogP contribution in [0.5, 0.6) is 0 Å². The van der Waals surface area contributed by atoms with Crippen molar-refractivity contribution >= 4 is 10.0 Å². The van der Waals surface area contributed by atoms with Crippen molar-refractivity contribution in [3.8, 4) is 17.2 Å². The lowest BCUT2D eigenvalue weighted by Crippen LogP contribution is -2.24. The summed E-state index contributed by atoms with van der Waals surface area (Å²) < 4.78 is 30.6. The first-order valence-corrected chi connectivity index (χ1v) is 10.4. The van der Waals surface area contributed by atoms with Crippen molar-refractivity contribution in [1.29, 1.82) is 5.26 Å². The molecule has 0 fully saturated rings. The number of nitriles is 1. The van der Waals surface area contributed by atoms with E-state index in [1.54, 1.807) is 35.1 Å². The summed E-state index contributed by atoms with van der Waals surface area (Å²) in [7, 11) is -3.76. The summed E-state index contributed by atoms with van der Waals surface area (Å²) in [4.78, 5) is 0.202. The Morgan fingerprint density at radius 2 is 1.93 bits per heavy atom. The number of nitrogens with zero attached hydrogens (tertiary/aromatic N) is 3. The molecule has 0 aliphatic heterocycles. The minimum Gasteiger partial charge on any atom is -0.273 e. The predicted molar refractivity (Wildman–Crippen MR) is 108 cm³/mol. The lowest BCUT2D eigenvalue weighted by atomic mass is 9.99. The van der Waals surface area contributed by atoms with E-state index in [-0.39, 0.29) is 11.4 Å². The Morgan fingerprint density at radius 3 is 2.61 bits per heavy atom. The Morgan fingerprint density at radius 1 is 1.18 bits per heavy atom. The molecule has 0 unspecified atom stereocenters. The third kappa shape index (κ3) is 4.14. The predicted octanol–water partition coefficient (Wildman–Crippen LogP) is 3.54. The van der Waals surface area contributed by atoms with Gasteiger partial charge in [0.1, 0.15) is 0 Å². The van der Waals surface area contributed by atoms with Gasteiger partial charge in [-0.3, -0.25) is 4.68 Å². The van der Waals surface area contributed by atoms with Gasteiger partial charge >= 0.3 is 0 Å². The molecule has 28 heavy (non-hydrogen) atoms. The molecule has 1 heterocycles. The van der Waals surface area contributed by atoms with Gasteiger partial charge in [-0.25, -0.2) is 13.1 Å². The zero-order valence-electron chi connectivity index (χ0n) is 16.1. The first-order chi connectivity index (χ1) is 13.3. The molecule has 1 aromatic heterocycles. The average Bonchev–Trinajstić information content (AvgIpc) is 3.16. The maximum atomic E-state index is 13.1. The van der Waals surface area contributed by atoms with Gasteiger partial charge in [0, 0.05) is 30.4 Å². The molecule has 0 aliphatic carbocycles. The number of hydrogen-bond acceptors (Lipinski definition) is 4. The van der Waals surface area contributed by atoms with Gasteiger partial charge in [-0.15, -0.1) is 0 Å². The van der Waals surface area contributed by atoms with Crippen molar-refractivity contribution in [3.63, 3.8) is 0 Å². The van der Waals surface area contributed by atoms with E-state index in [2.05, 4.69) is 15.9 Å². The van der Waals surface area contributed by atoms with Crippen molar-refractivity contribution in [2.24, 2.45) is 0 Å². The molecule has 7 heteroatoms. The molecule has 0 spiro atoms. The van der Waals surface area contributed by atoms with Crippen LogP contribution >= 0.6 is 0 Å². The van der Waals surface area contributed by atoms with Crippen LogP contribution in [0.2, 0.25) is 0 Å². The number of benzene rings is 2. The summed E-state index contributed by atoms with van der Waals surface area (Å²) in [6.45, 7) is 6.68. The fourth-order valence-corrected chi connectivity index (χ4v) is 4.23. The molecule has 0 amide bonds. The van der Waals surface area contributed by atoms with Crippen molar-refractivity contribution in [3.05, 3.63) is 71.0 Å². The number of aryl methyl sites for hydroxylation is 3. The minimum absolute atomic E-state index is 0.160. The van der Waals surface area contributed by atoms with E-state index in [0.717, 1.165) is 23.2 Å². The van der Waals surface area contributed by atoms with Gasteiger partial charge < -0.3 is 0 Å². The van der Waals surface area contributed by atoms with Crippen LogP contribution in [0.3, 0.4) is 0 Å². The third-order valence-electron chi connectivity index (χ3n) is 4.67. The number of hydrogen-bond donors (Lipinski definition) is 1. The fraction of sp³-hybridized carbons (Fsp3) is 0.238. The fourth-order valence-electron chi connectivity index (χ4n) is 2.92. The number of rotatable bonds is 6. The summed E-state index contributed by atoms with van der Waals surface area (Å²) in [6.07, 6.45) is 3.48. The zero-order valence-corrected chi connectivity index (χ0v) is 16.9. The van der Waals surface area contributed by atoms with Crippen LogP contribution in [0.1, 0.15) is 29.2 Å². The number of sulfonamides is 1. The molecule has 6 nitrogen and oxygen atoms in total. The number of nitrogens with one attached hydrogen (secondary N) is 1. The molecule has 0 aliphatic rings. The standard InChI is InChI=1S/C21H22N4O2S/c1-4-25-14-18(12-23-25)13-24-28(26,27)21-9-16(3)15(2)8-20(21)19-7-5-6-17(10-19)11-22/h5-10,12,14,24H,4,13H2,1-3H3. The Balaban J connectivity index is 2.01. The van der Waals surface area contributed by atoms with Gasteiger partial charge in [-0.1, -0.05) is 12.1 Å². The smallest absolute Gasteiger partial charge is 0.241 e. The van der Waals surface area contributed by atoms with E-state index in [4.69, 9.17) is 0 Å². The third-order valence-corrected chi connectivity index (χ3v) is 6.11. The van der Waals surface area contributed by atoms with Crippen molar-refractivity contribution in [1.82, 2.24) is 14.5 Å². The number of aromatic nitrogens is 2. The van der Waals surface area contributed by atoms with Crippen LogP contribution in [0.25, 0.3) is 11.1 Å². The lowest BCUT2D eigenvalue weighted by molar-refractivity contribution is 0.581. The zero-order chi connectivity index (χ0) is 20.3. The van der Waals surface area contributed by atoms with E-state index in [1.807, 2.05) is 39.1 Å². The van der Waals surface area contributed by atoms with E-state index in [9.17, 15) is 13.7 Å². The molecular formula is C21H22N4O2S. The van der Waals surface area contributed by atoms with Crippen molar-refractivity contribution < 1.29 is 8.42 Å². The largest absolute Gasteiger partial charge is 0.273 e. The van der Waals surface area contributed by atoms with Crippen molar-refractivity contribution in [2.45, 2.75) is 38.8 Å². The SMILES string of the molecule is CCn1cc(CNS(=O)(=O)c2cc(C)c(C)cc2-c2cccc(C#N)c2)cn1. The Kier molecular flexibility index (Phi) is 5.63. The molecular weight excluding hydrogens is 372 g/mol. The second-order valence-electron chi connectivity index (χ2n) is 6.65. The molecule has 144 valence electrons. The Labute approximate surface area is 165 Å². The first-order valence-electron chi connectivity index (χ1n) is 8.97. The lowest BCUT2D eigenvalue weighted by Gasteiger charge is -2.14. The summed E-state index contributed by atoms with van der Waals surface area (Å²) in [5.74, 6) is 0. The van der Waals surface area contributed by atoms with Crippen LogP contribution in [0.4, 0.5) is 0 Å². The molecule has 2 aromatic carbocycles. The first kappa shape index (κ1) is 19.8. The highest BCUT2D eigenvalue weighted by Gasteiger charge is 2.21. The molecule has 0 saturated carbocycles. The Bertz CT molecular complexity index is 1160. The van der Waals surface area contributed by atoms with Gasteiger partial charge in [0.15, 0.2) is 0 Å². The second-order valence-corrected chi connectivity index (χ2v) is 8.39. The van der Waals surface area contributed by atoms with Gasteiger partial charge in [0.25, 0.3) is 0 Å². The highest BCUT2D eigenvalue weighted by molar-refractivity contribution is 7.89. The van der Waals surface area contributed by atoms with Crippen LogP contribution in [0, 0.1) is 25.2 Å². The highest BCUT2D eigenvalue weighted by atomic mass is 32.2. The maximum absolute atomic E-state index is 13.1. The van der Waals surface area contributed by atoms with E-state index < -0.39 is 10.0 Å².